The number of anilines is 1. The molecular weight excluding hydrogens is 350 g/mol. The van der Waals surface area contributed by atoms with Crippen molar-refractivity contribution in [2.75, 3.05) is 39.7 Å². The van der Waals surface area contributed by atoms with Gasteiger partial charge >= 0.3 is 0 Å². The van der Waals surface area contributed by atoms with E-state index in [1.54, 1.807) is 23.9 Å². The molecule has 0 bridgehead atoms. The molecule has 0 atom stereocenters. The number of hydrogen-bond donors (Lipinski definition) is 2. The van der Waals surface area contributed by atoms with Gasteiger partial charge in [-0.15, -0.1) is 0 Å². The molecule has 0 unspecified atom stereocenters. The highest BCUT2D eigenvalue weighted by atomic mass is 16.5. The van der Waals surface area contributed by atoms with Crippen molar-refractivity contribution in [1.29, 1.82) is 0 Å². The van der Waals surface area contributed by atoms with Crippen molar-refractivity contribution < 1.29 is 19.0 Å². The van der Waals surface area contributed by atoms with E-state index in [0.717, 1.165) is 31.8 Å². The summed E-state index contributed by atoms with van der Waals surface area (Å²) >= 11 is 0. The average molecular weight is 375 g/mol. The highest BCUT2D eigenvalue weighted by molar-refractivity contribution is 6.04. The highest BCUT2D eigenvalue weighted by Gasteiger charge is 2.22. The van der Waals surface area contributed by atoms with Gasteiger partial charge in [-0.3, -0.25) is 10.1 Å². The van der Waals surface area contributed by atoms with Crippen molar-refractivity contribution in [3.05, 3.63) is 23.5 Å². The maximum absolute atomic E-state index is 12.7. The Hall–Kier alpha value is -2.81. The number of methoxy groups -OCH3 is 3. The van der Waals surface area contributed by atoms with Gasteiger partial charge in [0, 0.05) is 18.5 Å². The van der Waals surface area contributed by atoms with Gasteiger partial charge in [-0.1, -0.05) is 0 Å². The number of ether oxygens (including phenoxy) is 3. The lowest BCUT2D eigenvalue weighted by atomic mass is 9.98. The Balaban J connectivity index is 1.82. The molecule has 0 saturated carbocycles. The van der Waals surface area contributed by atoms with Crippen molar-refractivity contribution >= 4 is 11.9 Å². The highest BCUT2D eigenvalue weighted by Crippen LogP contribution is 2.38. The molecule has 1 saturated heterocycles. The summed E-state index contributed by atoms with van der Waals surface area (Å²) in [5, 5.41) is 10.6. The smallest absolute Gasteiger partial charge is 0.258 e. The van der Waals surface area contributed by atoms with Crippen LogP contribution in [0, 0.1) is 0 Å². The van der Waals surface area contributed by atoms with Crippen LogP contribution in [0.1, 0.15) is 34.9 Å². The molecule has 0 radical (unpaired) electrons. The van der Waals surface area contributed by atoms with E-state index in [1.165, 1.54) is 21.3 Å². The number of piperidine rings is 1. The van der Waals surface area contributed by atoms with Crippen LogP contribution in [0.2, 0.25) is 0 Å². The van der Waals surface area contributed by atoms with Crippen LogP contribution in [0.25, 0.3) is 0 Å². The normalized spacial score (nSPS) is 14.7. The van der Waals surface area contributed by atoms with Crippen LogP contribution in [0.4, 0.5) is 5.95 Å². The minimum absolute atomic E-state index is 0.310. The largest absolute Gasteiger partial charge is 0.493 e. The number of nitrogens with one attached hydrogen (secondary N) is 2. The fourth-order valence-corrected chi connectivity index (χ4v) is 3.15. The number of rotatable bonds is 6. The number of amides is 1. The molecule has 2 N–H and O–H groups in total. The molecule has 2 aromatic rings. The van der Waals surface area contributed by atoms with Gasteiger partial charge in [0.2, 0.25) is 11.7 Å². The fraction of sp³-hybridized carbons (Fsp3) is 0.500. The van der Waals surface area contributed by atoms with Gasteiger partial charge < -0.3 is 19.5 Å². The molecule has 2 heterocycles. The number of nitrogens with zero attached hydrogens (tertiary/aromatic N) is 3. The Bertz CT molecular complexity index is 789. The number of aryl methyl sites for hydroxylation is 1. The quantitative estimate of drug-likeness (QED) is 0.790. The summed E-state index contributed by atoms with van der Waals surface area (Å²) in [5.41, 5.74) is 0.371. The zero-order valence-corrected chi connectivity index (χ0v) is 16.0. The number of hydrogen-bond acceptors (Lipinski definition) is 7. The standard InChI is InChI=1S/C18H25N5O4/c1-23-18(20-16(22-23)11-5-7-19-8-6-11)21-17(24)12-9-13(25-2)15(27-4)14(10-12)26-3/h9-11,19H,5-8H2,1-4H3,(H,20,21,22,24). The molecule has 9 nitrogen and oxygen atoms in total. The van der Waals surface area contributed by atoms with E-state index in [2.05, 4.69) is 20.7 Å². The molecule has 1 fully saturated rings. The van der Waals surface area contributed by atoms with Gasteiger partial charge in [0.1, 0.15) is 0 Å². The lowest BCUT2D eigenvalue weighted by Gasteiger charge is -2.19. The van der Waals surface area contributed by atoms with Crippen molar-refractivity contribution in [1.82, 2.24) is 20.1 Å². The summed E-state index contributed by atoms with van der Waals surface area (Å²) < 4.78 is 17.5. The average Bonchev–Trinajstić information content (AvgIpc) is 3.07. The van der Waals surface area contributed by atoms with Gasteiger partial charge in [-0.25, -0.2) is 4.68 Å². The van der Waals surface area contributed by atoms with Crippen LogP contribution in [-0.2, 0) is 7.05 Å². The van der Waals surface area contributed by atoms with E-state index in [-0.39, 0.29) is 5.91 Å². The molecule has 146 valence electrons. The Morgan fingerprint density at radius 1 is 1.15 bits per heavy atom. The molecule has 1 aliphatic heterocycles. The number of carbonyl (C=O) groups is 1. The van der Waals surface area contributed by atoms with E-state index in [9.17, 15) is 4.79 Å². The second kappa shape index (κ2) is 8.26. The lowest BCUT2D eigenvalue weighted by Crippen LogP contribution is -2.27. The monoisotopic (exact) mass is 375 g/mol. The summed E-state index contributed by atoms with van der Waals surface area (Å²) in [6, 6.07) is 3.20. The molecule has 1 aromatic heterocycles. The summed E-state index contributed by atoms with van der Waals surface area (Å²) in [7, 11) is 6.30. The molecule has 1 amide bonds. The van der Waals surface area contributed by atoms with E-state index < -0.39 is 0 Å². The summed E-state index contributed by atoms with van der Waals surface area (Å²) in [5.74, 6) is 2.40. The molecule has 1 aliphatic rings. The van der Waals surface area contributed by atoms with Crippen molar-refractivity contribution in [3.8, 4) is 17.2 Å². The first kappa shape index (κ1) is 19.0. The maximum atomic E-state index is 12.7. The Morgan fingerprint density at radius 2 is 1.78 bits per heavy atom. The first-order chi connectivity index (χ1) is 13.1. The zero-order valence-electron chi connectivity index (χ0n) is 16.0. The number of aromatic nitrogens is 3. The Kier molecular flexibility index (Phi) is 5.80. The number of benzene rings is 1. The second-order valence-corrected chi connectivity index (χ2v) is 6.31. The molecule has 27 heavy (non-hydrogen) atoms. The second-order valence-electron chi connectivity index (χ2n) is 6.31. The zero-order chi connectivity index (χ0) is 19.4. The molecule has 0 spiro atoms. The third-order valence-electron chi connectivity index (χ3n) is 4.64. The van der Waals surface area contributed by atoms with Crippen molar-refractivity contribution in [2.45, 2.75) is 18.8 Å². The summed E-state index contributed by atoms with van der Waals surface area (Å²) in [6.07, 6.45) is 1.98. The maximum Gasteiger partial charge on any atom is 0.258 e. The third kappa shape index (κ3) is 3.97. The molecule has 3 rings (SSSR count). The van der Waals surface area contributed by atoms with Crippen LogP contribution in [-0.4, -0.2) is 55.1 Å². The van der Waals surface area contributed by atoms with Crippen LogP contribution in [0.5, 0.6) is 17.2 Å². The van der Waals surface area contributed by atoms with Crippen LogP contribution in [0.15, 0.2) is 12.1 Å². The van der Waals surface area contributed by atoms with Crippen LogP contribution < -0.4 is 24.8 Å². The fourth-order valence-electron chi connectivity index (χ4n) is 3.15. The summed E-state index contributed by atoms with van der Waals surface area (Å²) in [6.45, 7) is 1.91. The first-order valence-corrected chi connectivity index (χ1v) is 8.80. The molecule has 0 aliphatic carbocycles. The number of carbonyl (C=O) groups excluding carboxylic acids is 1. The van der Waals surface area contributed by atoms with E-state index >= 15 is 0 Å². The lowest BCUT2D eigenvalue weighted by molar-refractivity contribution is 0.102. The van der Waals surface area contributed by atoms with Gasteiger partial charge in [0.05, 0.1) is 21.3 Å². The molecular formula is C18H25N5O4. The topological polar surface area (TPSA) is 99.5 Å². The van der Waals surface area contributed by atoms with Gasteiger partial charge in [-0.2, -0.15) is 10.1 Å². The van der Waals surface area contributed by atoms with E-state index in [4.69, 9.17) is 14.2 Å². The molecule has 1 aromatic carbocycles. The third-order valence-corrected chi connectivity index (χ3v) is 4.64. The van der Waals surface area contributed by atoms with Gasteiger partial charge in [0.15, 0.2) is 17.3 Å². The molecule has 9 heteroatoms. The van der Waals surface area contributed by atoms with Gasteiger partial charge in [0.25, 0.3) is 5.91 Å². The van der Waals surface area contributed by atoms with E-state index in [0.29, 0.717) is 34.7 Å². The van der Waals surface area contributed by atoms with Crippen molar-refractivity contribution in [3.63, 3.8) is 0 Å². The van der Waals surface area contributed by atoms with Crippen molar-refractivity contribution in [2.24, 2.45) is 7.05 Å². The SMILES string of the molecule is COc1cc(C(=O)Nc2nc(C3CCNCC3)nn2C)cc(OC)c1OC. The Morgan fingerprint density at radius 3 is 2.33 bits per heavy atom. The van der Waals surface area contributed by atoms with Crippen LogP contribution in [0.3, 0.4) is 0 Å². The van der Waals surface area contributed by atoms with E-state index in [1.807, 2.05) is 0 Å². The first-order valence-electron chi connectivity index (χ1n) is 8.80. The Labute approximate surface area is 158 Å². The predicted octanol–water partition coefficient (Wildman–Crippen LogP) is 1.56. The van der Waals surface area contributed by atoms with Gasteiger partial charge in [-0.05, 0) is 38.1 Å². The predicted molar refractivity (Wildman–Crippen MR) is 99.9 cm³/mol. The van der Waals surface area contributed by atoms with Crippen LogP contribution >= 0.6 is 0 Å². The minimum Gasteiger partial charge on any atom is -0.493 e. The minimum atomic E-state index is -0.332. The summed E-state index contributed by atoms with van der Waals surface area (Å²) in [4.78, 5) is 17.3.